The summed E-state index contributed by atoms with van der Waals surface area (Å²) in [6, 6.07) is 4.01. The first-order chi connectivity index (χ1) is 6.83. The van der Waals surface area contributed by atoms with E-state index in [1.54, 1.807) is 6.20 Å². The van der Waals surface area contributed by atoms with E-state index in [1.165, 1.54) is 0 Å². The molecule has 76 valence electrons. The third-order valence-corrected chi connectivity index (χ3v) is 2.92. The first kappa shape index (κ1) is 9.40. The molecule has 1 aliphatic rings. The van der Waals surface area contributed by atoms with Gasteiger partial charge in [0.25, 0.3) is 0 Å². The molecule has 1 aromatic heterocycles. The average molecular weight is 193 g/mol. The van der Waals surface area contributed by atoms with Crippen molar-refractivity contribution in [2.45, 2.75) is 19.4 Å². The third-order valence-electron chi connectivity index (χ3n) is 2.92. The number of anilines is 1. The summed E-state index contributed by atoms with van der Waals surface area (Å²) in [6.07, 6.45) is 2.78. The molecular weight excluding hydrogens is 178 g/mol. The maximum Gasteiger partial charge on any atom is 0.151 e. The van der Waals surface area contributed by atoms with Crippen LogP contribution in [0.3, 0.4) is 0 Å². The lowest BCUT2D eigenvalue weighted by molar-refractivity contribution is 0.244. The van der Waals surface area contributed by atoms with Crippen LogP contribution < -0.4 is 4.90 Å². The highest BCUT2D eigenvalue weighted by Crippen LogP contribution is 2.27. The molecule has 2 heterocycles. The Bertz CT molecular complexity index is 291. The van der Waals surface area contributed by atoms with Crippen LogP contribution >= 0.6 is 0 Å². The number of aromatic nitrogens is 2. The zero-order chi connectivity index (χ0) is 9.97. The number of hydrogen-bond donors (Lipinski definition) is 1. The van der Waals surface area contributed by atoms with Crippen molar-refractivity contribution >= 4 is 5.82 Å². The molecule has 2 atom stereocenters. The van der Waals surface area contributed by atoms with Crippen LogP contribution in [0.2, 0.25) is 0 Å². The summed E-state index contributed by atoms with van der Waals surface area (Å²) in [7, 11) is 0. The fourth-order valence-corrected chi connectivity index (χ4v) is 2.02. The topological polar surface area (TPSA) is 49.2 Å². The lowest BCUT2D eigenvalue weighted by Crippen LogP contribution is -2.35. The number of hydrogen-bond acceptors (Lipinski definition) is 4. The molecule has 1 N–H and O–H groups in total. The van der Waals surface area contributed by atoms with E-state index in [2.05, 4.69) is 22.0 Å². The Morgan fingerprint density at radius 3 is 3.14 bits per heavy atom. The van der Waals surface area contributed by atoms with Gasteiger partial charge in [-0.2, -0.15) is 5.10 Å². The summed E-state index contributed by atoms with van der Waals surface area (Å²) in [5.74, 6) is 1.40. The highest BCUT2D eigenvalue weighted by atomic mass is 16.3. The van der Waals surface area contributed by atoms with Crippen molar-refractivity contribution in [1.29, 1.82) is 0 Å². The quantitative estimate of drug-likeness (QED) is 0.750. The zero-order valence-electron chi connectivity index (χ0n) is 8.30. The van der Waals surface area contributed by atoms with Crippen LogP contribution in [-0.2, 0) is 0 Å². The van der Waals surface area contributed by atoms with Gasteiger partial charge in [-0.15, -0.1) is 5.10 Å². The van der Waals surface area contributed by atoms with Gasteiger partial charge in [-0.05, 0) is 24.5 Å². The van der Waals surface area contributed by atoms with E-state index >= 15 is 0 Å². The highest BCUT2D eigenvalue weighted by molar-refractivity contribution is 5.39. The molecule has 1 aliphatic heterocycles. The number of aliphatic hydroxyl groups is 1. The van der Waals surface area contributed by atoms with Crippen molar-refractivity contribution in [2.75, 3.05) is 18.1 Å². The van der Waals surface area contributed by atoms with Crippen LogP contribution in [0, 0.1) is 5.92 Å². The van der Waals surface area contributed by atoms with E-state index in [0.717, 1.165) is 18.8 Å². The Balaban J connectivity index is 2.19. The molecule has 1 aromatic rings. The Morgan fingerprint density at radius 2 is 2.50 bits per heavy atom. The van der Waals surface area contributed by atoms with E-state index in [-0.39, 0.29) is 12.6 Å². The maximum atomic E-state index is 9.28. The van der Waals surface area contributed by atoms with Crippen LogP contribution in [0.25, 0.3) is 0 Å². The van der Waals surface area contributed by atoms with Gasteiger partial charge in [-0.1, -0.05) is 6.92 Å². The minimum absolute atomic E-state index is 0.192. The predicted octanol–water partition coefficient (Wildman–Crippen LogP) is 0.684. The van der Waals surface area contributed by atoms with Crippen LogP contribution in [0.1, 0.15) is 13.3 Å². The minimum Gasteiger partial charge on any atom is -0.394 e. The van der Waals surface area contributed by atoms with E-state index in [9.17, 15) is 5.11 Å². The van der Waals surface area contributed by atoms with Gasteiger partial charge in [0.2, 0.25) is 0 Å². The van der Waals surface area contributed by atoms with Gasteiger partial charge >= 0.3 is 0 Å². The fourth-order valence-electron chi connectivity index (χ4n) is 2.02. The van der Waals surface area contributed by atoms with E-state index < -0.39 is 0 Å². The van der Waals surface area contributed by atoms with Gasteiger partial charge < -0.3 is 10.0 Å². The largest absolute Gasteiger partial charge is 0.394 e. The van der Waals surface area contributed by atoms with E-state index in [4.69, 9.17) is 0 Å². The van der Waals surface area contributed by atoms with Crippen LogP contribution in [0.5, 0.6) is 0 Å². The Kier molecular flexibility index (Phi) is 2.63. The molecule has 2 unspecified atom stereocenters. The second-order valence-corrected chi connectivity index (χ2v) is 3.79. The summed E-state index contributed by atoms with van der Waals surface area (Å²) in [5, 5.41) is 17.2. The summed E-state index contributed by atoms with van der Waals surface area (Å²) in [4.78, 5) is 2.14. The Labute approximate surface area is 83.6 Å². The van der Waals surface area contributed by atoms with Crippen molar-refractivity contribution in [3.63, 3.8) is 0 Å². The minimum atomic E-state index is 0.192. The fraction of sp³-hybridized carbons (Fsp3) is 0.600. The molecule has 0 spiro atoms. The first-order valence-electron chi connectivity index (χ1n) is 4.98. The molecule has 0 aliphatic carbocycles. The van der Waals surface area contributed by atoms with Gasteiger partial charge in [0.15, 0.2) is 5.82 Å². The van der Waals surface area contributed by atoms with Gasteiger partial charge in [-0.25, -0.2) is 0 Å². The molecule has 4 heteroatoms. The Morgan fingerprint density at radius 1 is 1.64 bits per heavy atom. The van der Waals surface area contributed by atoms with Gasteiger partial charge in [0.1, 0.15) is 0 Å². The summed E-state index contributed by atoms with van der Waals surface area (Å²) in [6.45, 7) is 3.32. The van der Waals surface area contributed by atoms with Gasteiger partial charge in [0.05, 0.1) is 12.6 Å². The zero-order valence-corrected chi connectivity index (χ0v) is 8.30. The molecule has 14 heavy (non-hydrogen) atoms. The van der Waals surface area contributed by atoms with Gasteiger partial charge in [0, 0.05) is 12.7 Å². The molecule has 0 saturated carbocycles. The molecule has 0 bridgehead atoms. The Hall–Kier alpha value is -1.16. The lowest BCUT2D eigenvalue weighted by Gasteiger charge is -2.25. The summed E-state index contributed by atoms with van der Waals surface area (Å²) < 4.78 is 0. The summed E-state index contributed by atoms with van der Waals surface area (Å²) >= 11 is 0. The maximum absolute atomic E-state index is 9.28. The van der Waals surface area contributed by atoms with Crippen molar-refractivity contribution in [3.05, 3.63) is 18.3 Å². The van der Waals surface area contributed by atoms with Crippen LogP contribution in [0.4, 0.5) is 5.82 Å². The predicted molar refractivity (Wildman–Crippen MR) is 54.0 cm³/mol. The normalized spacial score (nSPS) is 26.9. The molecule has 4 nitrogen and oxygen atoms in total. The molecule has 0 radical (unpaired) electrons. The van der Waals surface area contributed by atoms with Crippen LogP contribution in [0.15, 0.2) is 18.3 Å². The number of nitrogens with zero attached hydrogens (tertiary/aromatic N) is 3. The molecule has 0 aromatic carbocycles. The SMILES string of the molecule is CC1CCN(c2cccnn2)C1CO. The molecule has 0 amide bonds. The van der Waals surface area contributed by atoms with E-state index in [0.29, 0.717) is 5.92 Å². The number of rotatable bonds is 2. The smallest absolute Gasteiger partial charge is 0.151 e. The van der Waals surface area contributed by atoms with Crippen molar-refractivity contribution in [2.24, 2.45) is 5.92 Å². The van der Waals surface area contributed by atoms with E-state index in [1.807, 2.05) is 12.1 Å². The molecule has 1 fully saturated rings. The average Bonchev–Trinajstić information content (AvgIpc) is 2.61. The standard InChI is InChI=1S/C10H15N3O/c1-8-4-6-13(9(8)7-14)10-3-2-5-11-12-10/h2-3,5,8-9,14H,4,6-7H2,1H3. The highest BCUT2D eigenvalue weighted by Gasteiger charge is 2.31. The number of aliphatic hydroxyl groups excluding tert-OH is 1. The molecule has 1 saturated heterocycles. The first-order valence-corrected chi connectivity index (χ1v) is 4.98. The van der Waals surface area contributed by atoms with Crippen molar-refractivity contribution in [1.82, 2.24) is 10.2 Å². The molecule has 2 rings (SSSR count). The lowest BCUT2D eigenvalue weighted by atomic mass is 10.0. The monoisotopic (exact) mass is 193 g/mol. The van der Waals surface area contributed by atoms with Crippen molar-refractivity contribution < 1.29 is 5.11 Å². The summed E-state index contributed by atoms with van der Waals surface area (Å²) in [5.41, 5.74) is 0. The third kappa shape index (κ3) is 1.57. The second kappa shape index (κ2) is 3.92. The van der Waals surface area contributed by atoms with Crippen LogP contribution in [-0.4, -0.2) is 34.5 Å². The molecular formula is C10H15N3O. The second-order valence-electron chi connectivity index (χ2n) is 3.79. The van der Waals surface area contributed by atoms with Crippen molar-refractivity contribution in [3.8, 4) is 0 Å². The van der Waals surface area contributed by atoms with Gasteiger partial charge in [-0.3, -0.25) is 0 Å².